The summed E-state index contributed by atoms with van der Waals surface area (Å²) < 4.78 is 17.1. The number of hydrogen-bond acceptors (Lipinski definition) is 7. The van der Waals surface area contributed by atoms with Crippen LogP contribution in [0.5, 0.6) is 17.2 Å². The highest BCUT2D eigenvalue weighted by Gasteiger charge is 2.43. The van der Waals surface area contributed by atoms with Gasteiger partial charge in [-0.15, -0.1) is 0 Å². The molecule has 39 heavy (non-hydrogen) atoms. The average molecular weight is 530 g/mol. The Labute approximate surface area is 228 Å². The number of aromatic hydroxyl groups is 1. The lowest BCUT2D eigenvalue weighted by Crippen LogP contribution is -2.37. The third kappa shape index (κ3) is 5.02. The maximum atomic E-state index is 14.0. The van der Waals surface area contributed by atoms with Crippen molar-refractivity contribution in [2.45, 2.75) is 76.7 Å². The number of Topliss-reactive ketones (excluding diaryl/α,β-unsaturated/α-hetero) is 1. The number of nitrogens with one attached hydrogen (secondary N) is 1. The first-order valence-electron chi connectivity index (χ1n) is 14.0. The van der Waals surface area contributed by atoms with E-state index in [2.05, 4.69) is 19.2 Å². The highest BCUT2D eigenvalue weighted by atomic mass is 16.7. The van der Waals surface area contributed by atoms with Gasteiger partial charge in [0.05, 0.1) is 5.57 Å². The number of ether oxygens (including phenoxy) is 3. The summed E-state index contributed by atoms with van der Waals surface area (Å²) in [5, 5.41) is 13.9. The lowest BCUT2D eigenvalue weighted by Gasteiger charge is -2.38. The van der Waals surface area contributed by atoms with Crippen LogP contribution < -0.4 is 14.8 Å². The molecule has 1 saturated carbocycles. The number of carbonyl (C=O) groups excluding carboxylic acids is 2. The Kier molecular flexibility index (Phi) is 6.83. The molecule has 0 aromatic heterocycles. The number of phenols is 1. The molecule has 2 aromatic carbocycles. The van der Waals surface area contributed by atoms with Crippen molar-refractivity contribution in [1.29, 1.82) is 0 Å². The third-order valence-corrected chi connectivity index (χ3v) is 8.19. The maximum Gasteiger partial charge on any atom is 0.337 e. The minimum Gasteiger partial charge on any atom is -0.508 e. The lowest BCUT2D eigenvalue weighted by molar-refractivity contribution is -0.144. The molecule has 2 atom stereocenters. The molecule has 2 aromatic rings. The molecular weight excluding hydrogens is 494 g/mol. The van der Waals surface area contributed by atoms with E-state index in [1.165, 1.54) is 0 Å². The average Bonchev–Trinajstić information content (AvgIpc) is 3.59. The third-order valence-electron chi connectivity index (χ3n) is 8.19. The maximum absolute atomic E-state index is 14.0. The van der Waals surface area contributed by atoms with Gasteiger partial charge in [-0.2, -0.15) is 0 Å². The van der Waals surface area contributed by atoms with Gasteiger partial charge in [-0.1, -0.05) is 32.0 Å². The van der Waals surface area contributed by atoms with E-state index in [0.29, 0.717) is 41.9 Å². The highest BCUT2D eigenvalue weighted by Crippen LogP contribution is 2.48. The topological polar surface area (TPSA) is 94.1 Å². The molecule has 7 heteroatoms. The molecule has 4 aliphatic rings. The molecule has 1 fully saturated rings. The van der Waals surface area contributed by atoms with Gasteiger partial charge >= 0.3 is 5.97 Å². The van der Waals surface area contributed by atoms with E-state index in [-0.39, 0.29) is 42.2 Å². The van der Waals surface area contributed by atoms with Crippen molar-refractivity contribution in [3.8, 4) is 17.2 Å². The predicted molar refractivity (Wildman–Crippen MR) is 145 cm³/mol. The second-order valence-corrected chi connectivity index (χ2v) is 11.5. The van der Waals surface area contributed by atoms with Crippen LogP contribution in [0, 0.1) is 5.92 Å². The number of rotatable bonds is 6. The highest BCUT2D eigenvalue weighted by molar-refractivity contribution is 6.04. The second-order valence-electron chi connectivity index (χ2n) is 11.5. The van der Waals surface area contributed by atoms with Gasteiger partial charge in [0.15, 0.2) is 17.3 Å². The summed E-state index contributed by atoms with van der Waals surface area (Å²) in [5.74, 6) is 0.794. The molecule has 0 amide bonds. The molecule has 2 N–H and O–H groups in total. The van der Waals surface area contributed by atoms with Gasteiger partial charge in [0.1, 0.15) is 11.9 Å². The summed E-state index contributed by atoms with van der Waals surface area (Å²) >= 11 is 0. The number of dihydropyridines is 1. The van der Waals surface area contributed by atoms with E-state index >= 15 is 0 Å². The minimum atomic E-state index is -0.596. The van der Waals surface area contributed by atoms with Gasteiger partial charge in [0, 0.05) is 29.3 Å². The monoisotopic (exact) mass is 529 g/mol. The number of esters is 1. The quantitative estimate of drug-likeness (QED) is 0.444. The zero-order valence-electron chi connectivity index (χ0n) is 22.5. The van der Waals surface area contributed by atoms with E-state index in [9.17, 15) is 14.7 Å². The summed E-state index contributed by atoms with van der Waals surface area (Å²) in [6.07, 6.45) is 5.34. The van der Waals surface area contributed by atoms with E-state index in [0.717, 1.165) is 48.2 Å². The molecule has 204 valence electrons. The van der Waals surface area contributed by atoms with Crippen LogP contribution in [0.15, 0.2) is 65.0 Å². The van der Waals surface area contributed by atoms with Crippen molar-refractivity contribution in [1.82, 2.24) is 5.32 Å². The normalized spacial score (nSPS) is 22.8. The van der Waals surface area contributed by atoms with Crippen LogP contribution in [-0.2, 0) is 14.3 Å². The predicted octanol–water partition coefficient (Wildman–Crippen LogP) is 5.99. The zero-order chi connectivity index (χ0) is 27.1. The van der Waals surface area contributed by atoms with Crippen LogP contribution >= 0.6 is 0 Å². The van der Waals surface area contributed by atoms with Gasteiger partial charge in [-0.25, -0.2) is 4.79 Å². The lowest BCUT2D eigenvalue weighted by atomic mass is 9.71. The Bertz CT molecular complexity index is 1370. The summed E-state index contributed by atoms with van der Waals surface area (Å²) in [6, 6.07) is 12.8. The molecule has 1 unspecified atom stereocenters. The molecule has 2 aliphatic carbocycles. The Balaban J connectivity index is 1.42. The van der Waals surface area contributed by atoms with Crippen molar-refractivity contribution in [3.05, 3.63) is 76.1 Å². The van der Waals surface area contributed by atoms with Crippen molar-refractivity contribution in [2.24, 2.45) is 5.92 Å². The van der Waals surface area contributed by atoms with Gasteiger partial charge in [0.25, 0.3) is 0 Å². The van der Waals surface area contributed by atoms with Crippen molar-refractivity contribution < 1.29 is 28.9 Å². The fourth-order valence-electron chi connectivity index (χ4n) is 6.42. The second kappa shape index (κ2) is 10.4. The Hall–Kier alpha value is -3.74. The number of carbonyl (C=O) groups is 2. The number of benzene rings is 2. The van der Waals surface area contributed by atoms with Crippen LogP contribution in [0.2, 0.25) is 0 Å². The smallest absolute Gasteiger partial charge is 0.337 e. The van der Waals surface area contributed by atoms with E-state index in [1.807, 2.05) is 24.3 Å². The first kappa shape index (κ1) is 25.5. The molecule has 6 rings (SSSR count). The van der Waals surface area contributed by atoms with Gasteiger partial charge in [-0.05, 0) is 85.8 Å². The number of allylic oxidation sites excluding steroid dienone is 3. The van der Waals surface area contributed by atoms with Crippen molar-refractivity contribution in [2.75, 3.05) is 6.79 Å². The molecule has 2 aliphatic heterocycles. The number of hydrogen-bond donors (Lipinski definition) is 2. The SMILES string of the molecule is CC(C)CC1=C(C(=O)OC2CCCC2)[C@@H](c2cccc(O)c2)C2=C(CC(c3ccc4c(c3)OCO4)CC2=O)N1. The number of fused-ring (bicyclic) bond motifs is 1. The molecule has 0 bridgehead atoms. The summed E-state index contributed by atoms with van der Waals surface area (Å²) in [4.78, 5) is 27.8. The van der Waals surface area contributed by atoms with Gasteiger partial charge in [0.2, 0.25) is 6.79 Å². The molecule has 2 heterocycles. The first-order chi connectivity index (χ1) is 18.9. The fourth-order valence-corrected chi connectivity index (χ4v) is 6.42. The van der Waals surface area contributed by atoms with Gasteiger partial charge in [-0.3, -0.25) is 4.79 Å². The van der Waals surface area contributed by atoms with E-state index in [1.54, 1.807) is 18.2 Å². The van der Waals surface area contributed by atoms with E-state index < -0.39 is 5.92 Å². The van der Waals surface area contributed by atoms with Gasteiger partial charge < -0.3 is 24.6 Å². The molecule has 7 nitrogen and oxygen atoms in total. The Morgan fingerprint density at radius 1 is 1.05 bits per heavy atom. The van der Waals surface area contributed by atoms with E-state index in [4.69, 9.17) is 14.2 Å². The Morgan fingerprint density at radius 3 is 2.62 bits per heavy atom. The molecular formula is C32H35NO6. The van der Waals surface area contributed by atoms with Crippen LogP contribution in [0.25, 0.3) is 0 Å². The Morgan fingerprint density at radius 2 is 1.85 bits per heavy atom. The van der Waals surface area contributed by atoms with Crippen LogP contribution in [0.3, 0.4) is 0 Å². The van der Waals surface area contributed by atoms with Crippen molar-refractivity contribution in [3.63, 3.8) is 0 Å². The largest absolute Gasteiger partial charge is 0.508 e. The first-order valence-corrected chi connectivity index (χ1v) is 14.0. The molecule has 0 spiro atoms. The summed E-state index contributed by atoms with van der Waals surface area (Å²) in [7, 11) is 0. The van der Waals surface area contributed by atoms with Crippen LogP contribution in [-0.4, -0.2) is 29.8 Å². The number of ketones is 1. The number of phenolic OH excluding ortho intramolecular Hbond substituents is 1. The minimum absolute atomic E-state index is 0.00507. The fraction of sp³-hybridized carbons (Fsp3) is 0.438. The molecule has 0 radical (unpaired) electrons. The van der Waals surface area contributed by atoms with Crippen LogP contribution in [0.4, 0.5) is 0 Å². The zero-order valence-corrected chi connectivity index (χ0v) is 22.5. The summed E-state index contributed by atoms with van der Waals surface area (Å²) in [5.41, 5.74) is 4.49. The standard InChI is InChI=1S/C32H35NO6/c1-18(2)12-24-31(32(36)39-23-8-3-4-9-23)29(20-6-5-7-22(34)13-20)30-25(33-24)14-21(15-26(30)35)19-10-11-27-28(16-19)38-17-37-27/h5-7,10-11,13,16,18,21,23,29,33-34H,3-4,8-9,12,14-15,17H2,1-2H3/t21?,29-/m0/s1. The van der Waals surface area contributed by atoms with Crippen LogP contribution in [0.1, 0.15) is 81.8 Å². The molecule has 0 saturated heterocycles. The van der Waals surface area contributed by atoms with Crippen molar-refractivity contribution >= 4 is 11.8 Å². The summed E-state index contributed by atoms with van der Waals surface area (Å²) in [6.45, 7) is 4.43.